The first-order chi connectivity index (χ1) is 5.00. The fourth-order valence-electron chi connectivity index (χ4n) is 1.79. The van der Waals surface area contributed by atoms with Gasteiger partial charge in [-0.1, -0.05) is 0 Å². The first-order valence-corrected chi connectivity index (χ1v) is 14.9. The van der Waals surface area contributed by atoms with Crippen molar-refractivity contribution >= 4 is 18.4 Å². The van der Waals surface area contributed by atoms with Crippen LogP contribution in [0, 0.1) is 0 Å². The number of rotatable bonds is 1. The van der Waals surface area contributed by atoms with E-state index in [0.717, 1.165) is 3.93 Å². The van der Waals surface area contributed by atoms with E-state index in [1.807, 2.05) is 0 Å². The third kappa shape index (κ3) is 2.81. The molecule has 0 saturated heterocycles. The van der Waals surface area contributed by atoms with Gasteiger partial charge in [0.15, 0.2) is 0 Å². The van der Waals surface area contributed by atoms with Crippen LogP contribution in [-0.2, 0) is 0 Å². The van der Waals surface area contributed by atoms with E-state index in [0.29, 0.717) is 0 Å². The molecule has 0 fully saturated rings. The van der Waals surface area contributed by atoms with Crippen LogP contribution in [0.1, 0.15) is 26.2 Å². The fraction of sp³-hybridized carbons (Fsp3) is 0.800. The zero-order valence-electron chi connectivity index (χ0n) is 8.28. The van der Waals surface area contributed by atoms with Crippen molar-refractivity contribution in [1.82, 2.24) is 0 Å². The van der Waals surface area contributed by atoms with Gasteiger partial charge in [-0.25, -0.2) is 0 Å². The molecule has 1 aliphatic rings. The summed E-state index contributed by atoms with van der Waals surface area (Å²) in [6.07, 6.45) is 6.86. The number of hydrogen-bond donors (Lipinski definition) is 0. The van der Waals surface area contributed by atoms with Crippen molar-refractivity contribution in [1.29, 1.82) is 0 Å². The molecule has 0 heterocycles. The monoisotopic (exact) mass is 260 g/mol. The zero-order chi connectivity index (χ0) is 8.48. The SMILES string of the molecule is CC1=C[C@H]([Sn]([CH3])([CH3])[CH3])CCC1. The third-order valence-corrected chi connectivity index (χ3v) is 10.3. The first-order valence-electron chi connectivity index (χ1n) is 4.67. The number of hydrogen-bond acceptors (Lipinski definition) is 0. The van der Waals surface area contributed by atoms with E-state index in [1.165, 1.54) is 19.3 Å². The molecule has 64 valence electrons. The predicted octanol–water partition coefficient (Wildman–Crippen LogP) is 3.83. The van der Waals surface area contributed by atoms with Crippen LogP contribution < -0.4 is 0 Å². The topological polar surface area (TPSA) is 0 Å². The van der Waals surface area contributed by atoms with Gasteiger partial charge in [0.1, 0.15) is 0 Å². The molecule has 0 nitrogen and oxygen atoms in total. The van der Waals surface area contributed by atoms with Gasteiger partial charge in [0, 0.05) is 0 Å². The van der Waals surface area contributed by atoms with Crippen LogP contribution in [0.25, 0.3) is 0 Å². The molecule has 0 radical (unpaired) electrons. The standard InChI is InChI=1S/C7H11.3CH3.Sn/c1-7-5-3-2-4-6-7;;;;/h3,5H,2,4,6H2,1H3;3*1H3;. The van der Waals surface area contributed by atoms with Gasteiger partial charge < -0.3 is 0 Å². The molecule has 0 unspecified atom stereocenters. The summed E-state index contributed by atoms with van der Waals surface area (Å²) in [7, 11) is 0. The molecule has 1 rings (SSSR count). The summed E-state index contributed by atoms with van der Waals surface area (Å²) >= 11 is -1.56. The molecule has 0 amide bonds. The van der Waals surface area contributed by atoms with E-state index in [4.69, 9.17) is 0 Å². The third-order valence-electron chi connectivity index (χ3n) is 2.68. The van der Waals surface area contributed by atoms with E-state index < -0.39 is 18.4 Å². The Kier molecular flexibility index (Phi) is 3.07. The predicted molar refractivity (Wildman–Crippen MR) is 54.7 cm³/mol. The van der Waals surface area contributed by atoms with Crippen molar-refractivity contribution in [3.05, 3.63) is 11.6 Å². The Hall–Kier alpha value is 0.539. The Labute approximate surface area is 74.9 Å². The summed E-state index contributed by atoms with van der Waals surface area (Å²) in [5.41, 5.74) is 1.65. The summed E-state index contributed by atoms with van der Waals surface area (Å²) in [5, 5.41) is 0. The van der Waals surface area contributed by atoms with Gasteiger partial charge in [0.2, 0.25) is 0 Å². The second kappa shape index (κ2) is 3.51. The van der Waals surface area contributed by atoms with E-state index in [2.05, 4.69) is 27.8 Å². The second-order valence-electron chi connectivity index (χ2n) is 4.88. The summed E-state index contributed by atoms with van der Waals surface area (Å²) in [6, 6.07) is 0. The van der Waals surface area contributed by atoms with Crippen molar-refractivity contribution in [3.8, 4) is 0 Å². The average molecular weight is 259 g/mol. The maximum absolute atomic E-state index is 2.57. The van der Waals surface area contributed by atoms with Gasteiger partial charge >= 0.3 is 75.0 Å². The Bertz CT molecular complexity index is 162. The van der Waals surface area contributed by atoms with Gasteiger partial charge in [0.25, 0.3) is 0 Å². The Morgan fingerprint density at radius 1 is 1.36 bits per heavy atom. The van der Waals surface area contributed by atoms with Crippen LogP contribution in [0.4, 0.5) is 0 Å². The molecule has 0 N–H and O–H groups in total. The molecule has 0 aromatic heterocycles. The fourth-order valence-corrected chi connectivity index (χ4v) is 7.09. The van der Waals surface area contributed by atoms with Crippen LogP contribution in [-0.4, -0.2) is 18.4 Å². The van der Waals surface area contributed by atoms with Gasteiger partial charge in [-0.2, -0.15) is 0 Å². The first kappa shape index (κ1) is 9.63. The molecular weight excluding hydrogens is 239 g/mol. The van der Waals surface area contributed by atoms with E-state index in [-0.39, 0.29) is 0 Å². The molecule has 0 aliphatic heterocycles. The molecule has 1 atom stereocenters. The van der Waals surface area contributed by atoms with Crippen LogP contribution in [0.2, 0.25) is 18.8 Å². The van der Waals surface area contributed by atoms with Crippen molar-refractivity contribution in [2.24, 2.45) is 0 Å². The minimum absolute atomic E-state index is 1.03. The van der Waals surface area contributed by atoms with Crippen LogP contribution in [0.3, 0.4) is 0 Å². The van der Waals surface area contributed by atoms with Gasteiger partial charge in [-0.15, -0.1) is 0 Å². The van der Waals surface area contributed by atoms with Gasteiger partial charge in [0.05, 0.1) is 0 Å². The van der Waals surface area contributed by atoms with E-state index in [9.17, 15) is 0 Å². The van der Waals surface area contributed by atoms with Crippen LogP contribution >= 0.6 is 0 Å². The molecular formula is C10H20Sn. The van der Waals surface area contributed by atoms with Crippen LogP contribution in [0.15, 0.2) is 11.6 Å². The van der Waals surface area contributed by atoms with Crippen molar-refractivity contribution in [2.45, 2.75) is 44.9 Å². The average Bonchev–Trinajstić information content (AvgIpc) is 1.86. The Balaban J connectivity index is 2.67. The second-order valence-corrected chi connectivity index (χ2v) is 20.5. The van der Waals surface area contributed by atoms with Crippen molar-refractivity contribution in [3.63, 3.8) is 0 Å². The zero-order valence-corrected chi connectivity index (χ0v) is 11.1. The van der Waals surface area contributed by atoms with Gasteiger partial charge in [-0.05, 0) is 0 Å². The van der Waals surface area contributed by atoms with E-state index in [1.54, 1.807) is 5.57 Å². The van der Waals surface area contributed by atoms with Crippen molar-refractivity contribution < 1.29 is 0 Å². The Morgan fingerprint density at radius 2 is 2.00 bits per heavy atom. The summed E-state index contributed by atoms with van der Waals surface area (Å²) in [4.78, 5) is 7.65. The van der Waals surface area contributed by atoms with E-state index >= 15 is 0 Å². The number of allylic oxidation sites excluding steroid dienone is 2. The molecule has 0 aromatic carbocycles. The normalized spacial score (nSPS) is 26.5. The molecule has 0 spiro atoms. The molecule has 11 heavy (non-hydrogen) atoms. The summed E-state index contributed by atoms with van der Waals surface area (Å²) in [6.45, 7) is 2.30. The molecule has 0 saturated carbocycles. The minimum atomic E-state index is -1.56. The summed E-state index contributed by atoms with van der Waals surface area (Å²) in [5.74, 6) is 0. The molecule has 1 heteroatoms. The molecule has 0 aromatic rings. The summed E-state index contributed by atoms with van der Waals surface area (Å²) < 4.78 is 1.03. The van der Waals surface area contributed by atoms with Crippen LogP contribution in [0.5, 0.6) is 0 Å². The Morgan fingerprint density at radius 3 is 2.36 bits per heavy atom. The van der Waals surface area contributed by atoms with Gasteiger partial charge in [-0.3, -0.25) is 0 Å². The quantitative estimate of drug-likeness (QED) is 0.496. The maximum atomic E-state index is 2.57. The van der Waals surface area contributed by atoms with Crippen molar-refractivity contribution in [2.75, 3.05) is 0 Å². The molecule has 0 bridgehead atoms. The molecule has 1 aliphatic carbocycles.